The summed E-state index contributed by atoms with van der Waals surface area (Å²) in [7, 11) is 0. The minimum absolute atomic E-state index is 0.0709. The number of hydrogen-bond acceptors (Lipinski definition) is 6. The Hall–Kier alpha value is -3.89. The number of para-hydroxylation sites is 1. The van der Waals surface area contributed by atoms with Gasteiger partial charge in [0.2, 0.25) is 6.79 Å². The molecule has 1 N–H and O–H groups in total. The van der Waals surface area contributed by atoms with E-state index in [1.807, 2.05) is 49.4 Å². The molecule has 0 saturated heterocycles. The molecule has 0 atom stereocenters. The van der Waals surface area contributed by atoms with Gasteiger partial charge in [0.1, 0.15) is 10.0 Å². The molecule has 0 saturated carbocycles. The second-order valence-electron chi connectivity index (χ2n) is 8.74. The van der Waals surface area contributed by atoms with E-state index in [1.54, 1.807) is 0 Å². The maximum atomic E-state index is 13.2. The van der Waals surface area contributed by atoms with E-state index in [-0.39, 0.29) is 12.4 Å². The lowest BCUT2D eigenvalue weighted by Gasteiger charge is -2.09. The van der Waals surface area contributed by atoms with Crippen molar-refractivity contribution in [2.45, 2.75) is 19.5 Å². The van der Waals surface area contributed by atoms with E-state index in [4.69, 9.17) is 14.5 Å². The summed E-state index contributed by atoms with van der Waals surface area (Å²) >= 11 is 2.89. The van der Waals surface area contributed by atoms with E-state index in [0.29, 0.717) is 22.9 Å². The van der Waals surface area contributed by atoms with Gasteiger partial charge in [-0.3, -0.25) is 4.79 Å². The van der Waals surface area contributed by atoms with Gasteiger partial charge in [-0.2, -0.15) is 13.2 Å². The molecule has 0 bridgehead atoms. The fourth-order valence-corrected chi connectivity index (χ4v) is 6.68. The number of fused-ring (bicyclic) bond motifs is 2. The van der Waals surface area contributed by atoms with Crippen LogP contribution in [0.2, 0.25) is 0 Å². The van der Waals surface area contributed by atoms with Gasteiger partial charge in [-0.05, 0) is 60.5 Å². The molecule has 1 aliphatic rings. The SMILES string of the molecule is Cc1c(Cc2ccc3c(c2)OCO3)sc(NC(=O)c2cccc(C(F)(F)F)c2)c1-c1nc2ccccc2s1. The van der Waals surface area contributed by atoms with Crippen LogP contribution in [0.4, 0.5) is 18.2 Å². The molecule has 0 unspecified atom stereocenters. The van der Waals surface area contributed by atoms with E-state index in [2.05, 4.69) is 5.32 Å². The van der Waals surface area contributed by atoms with Gasteiger partial charge in [0, 0.05) is 22.4 Å². The number of thiophene rings is 1. The number of nitrogens with one attached hydrogen (secondary N) is 1. The summed E-state index contributed by atoms with van der Waals surface area (Å²) in [5.74, 6) is 0.761. The number of halogens is 3. The molecule has 0 radical (unpaired) electrons. The Morgan fingerprint density at radius 3 is 2.63 bits per heavy atom. The molecule has 1 amide bonds. The minimum atomic E-state index is -4.54. The molecule has 38 heavy (non-hydrogen) atoms. The van der Waals surface area contributed by atoms with Crippen LogP contribution in [0.3, 0.4) is 0 Å². The van der Waals surface area contributed by atoms with Crippen LogP contribution in [0.5, 0.6) is 11.5 Å². The van der Waals surface area contributed by atoms with Crippen molar-refractivity contribution in [3.8, 4) is 22.1 Å². The van der Waals surface area contributed by atoms with Crippen LogP contribution in [0.25, 0.3) is 20.8 Å². The maximum absolute atomic E-state index is 13.2. The van der Waals surface area contributed by atoms with Crippen molar-refractivity contribution in [2.75, 3.05) is 12.1 Å². The van der Waals surface area contributed by atoms with Gasteiger partial charge in [-0.25, -0.2) is 4.98 Å². The van der Waals surface area contributed by atoms with Crippen molar-refractivity contribution in [1.82, 2.24) is 4.98 Å². The highest BCUT2D eigenvalue weighted by atomic mass is 32.1. The lowest BCUT2D eigenvalue weighted by molar-refractivity contribution is -0.137. The zero-order valence-electron chi connectivity index (χ0n) is 19.9. The van der Waals surface area contributed by atoms with E-state index < -0.39 is 17.6 Å². The van der Waals surface area contributed by atoms with Crippen LogP contribution in [-0.4, -0.2) is 17.7 Å². The van der Waals surface area contributed by atoms with Gasteiger partial charge < -0.3 is 14.8 Å². The maximum Gasteiger partial charge on any atom is 0.416 e. The number of anilines is 1. The van der Waals surface area contributed by atoms with Crippen LogP contribution in [0, 0.1) is 6.92 Å². The topological polar surface area (TPSA) is 60.5 Å². The summed E-state index contributed by atoms with van der Waals surface area (Å²) in [5.41, 5.74) is 2.62. The Morgan fingerprint density at radius 2 is 1.82 bits per heavy atom. The van der Waals surface area contributed by atoms with Crippen LogP contribution in [0.15, 0.2) is 66.7 Å². The lowest BCUT2D eigenvalue weighted by Crippen LogP contribution is -2.13. The number of rotatable bonds is 5. The molecule has 3 aromatic carbocycles. The molecular formula is C28H19F3N2O3S2. The molecule has 0 spiro atoms. The van der Waals surface area contributed by atoms with Crippen molar-refractivity contribution < 1.29 is 27.4 Å². The number of aromatic nitrogens is 1. The van der Waals surface area contributed by atoms with Crippen molar-refractivity contribution in [2.24, 2.45) is 0 Å². The molecule has 192 valence electrons. The first-order valence-corrected chi connectivity index (χ1v) is 13.2. The quantitative estimate of drug-likeness (QED) is 0.241. The van der Waals surface area contributed by atoms with Crippen LogP contribution in [-0.2, 0) is 12.6 Å². The molecule has 0 aliphatic carbocycles. The van der Waals surface area contributed by atoms with E-state index >= 15 is 0 Å². The number of carbonyl (C=O) groups excluding carboxylic acids is 1. The second kappa shape index (κ2) is 9.45. The first-order chi connectivity index (χ1) is 18.3. The monoisotopic (exact) mass is 552 g/mol. The molecule has 2 aromatic heterocycles. The molecule has 10 heteroatoms. The van der Waals surface area contributed by atoms with Crippen LogP contribution in [0.1, 0.15) is 31.9 Å². The Balaban J connectivity index is 1.39. The predicted octanol–water partition coefficient (Wildman–Crippen LogP) is 7.92. The normalized spacial score (nSPS) is 12.7. The number of nitrogens with zero attached hydrogens (tertiary/aromatic N) is 1. The standard InChI is InChI=1S/C28H19F3N2O3S2/c1-15-23(12-16-9-10-20-21(11-16)36-14-35-20)38-27(24(15)26-32-19-7-2-3-8-22(19)37-26)33-25(34)17-5-4-6-18(13-17)28(29,30)31/h2-11,13H,12,14H2,1H3,(H,33,34). The minimum Gasteiger partial charge on any atom is -0.454 e. The Kier molecular flexibility index (Phi) is 6.08. The summed E-state index contributed by atoms with van der Waals surface area (Å²) in [6, 6.07) is 17.9. The number of amides is 1. The van der Waals surface area contributed by atoms with Gasteiger partial charge in [-0.15, -0.1) is 22.7 Å². The fourth-order valence-electron chi connectivity index (χ4n) is 4.30. The zero-order valence-corrected chi connectivity index (χ0v) is 21.5. The smallest absolute Gasteiger partial charge is 0.416 e. The van der Waals surface area contributed by atoms with Crippen molar-refractivity contribution in [1.29, 1.82) is 0 Å². The van der Waals surface area contributed by atoms with E-state index in [1.165, 1.54) is 34.8 Å². The molecule has 5 nitrogen and oxygen atoms in total. The number of benzene rings is 3. The average molecular weight is 553 g/mol. The highest BCUT2D eigenvalue weighted by molar-refractivity contribution is 7.23. The van der Waals surface area contributed by atoms with Gasteiger partial charge in [0.15, 0.2) is 11.5 Å². The van der Waals surface area contributed by atoms with Gasteiger partial charge in [0.05, 0.1) is 15.8 Å². The molecule has 6 rings (SSSR count). The van der Waals surface area contributed by atoms with Gasteiger partial charge >= 0.3 is 6.18 Å². The average Bonchev–Trinajstić information content (AvgIpc) is 3.60. The summed E-state index contributed by atoms with van der Waals surface area (Å²) in [5, 5.41) is 4.15. The summed E-state index contributed by atoms with van der Waals surface area (Å²) in [4.78, 5) is 18.9. The van der Waals surface area contributed by atoms with Crippen LogP contribution >= 0.6 is 22.7 Å². The predicted molar refractivity (Wildman–Crippen MR) is 142 cm³/mol. The number of carbonyl (C=O) groups is 1. The van der Waals surface area contributed by atoms with Crippen molar-refractivity contribution >= 4 is 43.8 Å². The first kappa shape index (κ1) is 24.4. The highest BCUT2D eigenvalue weighted by Gasteiger charge is 2.31. The molecule has 0 fully saturated rings. The number of ether oxygens (including phenoxy) is 2. The second-order valence-corrected chi connectivity index (χ2v) is 10.9. The van der Waals surface area contributed by atoms with Crippen molar-refractivity contribution in [3.63, 3.8) is 0 Å². The van der Waals surface area contributed by atoms with E-state index in [9.17, 15) is 18.0 Å². The van der Waals surface area contributed by atoms with Gasteiger partial charge in [-0.1, -0.05) is 24.3 Å². The first-order valence-electron chi connectivity index (χ1n) is 11.6. The highest BCUT2D eigenvalue weighted by Crippen LogP contribution is 2.45. The fraction of sp³-hybridized carbons (Fsp3) is 0.143. The summed E-state index contributed by atoms with van der Waals surface area (Å²) < 4.78 is 51.6. The third-order valence-corrected chi connectivity index (χ3v) is 8.50. The number of hydrogen-bond donors (Lipinski definition) is 1. The summed E-state index contributed by atoms with van der Waals surface area (Å²) in [6.07, 6.45) is -3.97. The molecule has 1 aliphatic heterocycles. The summed E-state index contributed by atoms with van der Waals surface area (Å²) in [6.45, 7) is 2.16. The lowest BCUT2D eigenvalue weighted by atomic mass is 10.1. The third kappa shape index (κ3) is 4.61. The van der Waals surface area contributed by atoms with Crippen molar-refractivity contribution in [3.05, 3.63) is 93.9 Å². The Bertz CT molecular complexity index is 1660. The molecule has 5 aromatic rings. The Labute approximate surface area is 223 Å². The van der Waals surface area contributed by atoms with Crippen LogP contribution < -0.4 is 14.8 Å². The zero-order chi connectivity index (χ0) is 26.4. The van der Waals surface area contributed by atoms with E-state index in [0.717, 1.165) is 48.9 Å². The Morgan fingerprint density at radius 1 is 1.00 bits per heavy atom. The molecular weight excluding hydrogens is 533 g/mol. The largest absolute Gasteiger partial charge is 0.454 e. The number of alkyl halides is 3. The number of thiazole rings is 1. The third-order valence-electron chi connectivity index (χ3n) is 6.23. The van der Waals surface area contributed by atoms with Gasteiger partial charge in [0.25, 0.3) is 5.91 Å². The molecule has 3 heterocycles.